The Morgan fingerprint density at radius 2 is 1.59 bits per heavy atom. The van der Waals surface area contributed by atoms with E-state index in [-0.39, 0.29) is 12.1 Å². The van der Waals surface area contributed by atoms with Gasteiger partial charge in [0, 0.05) is 24.7 Å². The quantitative estimate of drug-likeness (QED) is 0.637. The van der Waals surface area contributed by atoms with Crippen molar-refractivity contribution >= 4 is 6.09 Å². The Morgan fingerprint density at radius 3 is 2.09 bits per heavy atom. The first-order valence-electron chi connectivity index (χ1n) is 8.69. The molecule has 2 atom stereocenters. The van der Waals surface area contributed by atoms with E-state index in [9.17, 15) is 4.79 Å². The number of nitrogens with one attached hydrogen (secondary N) is 1. The normalized spacial score (nSPS) is 14.5. The van der Waals surface area contributed by atoms with Crippen molar-refractivity contribution in [3.8, 4) is 0 Å². The number of carbonyl (C=O) groups is 1. The van der Waals surface area contributed by atoms with Gasteiger partial charge in [0.25, 0.3) is 0 Å². The van der Waals surface area contributed by atoms with Gasteiger partial charge in [0.2, 0.25) is 0 Å². The van der Waals surface area contributed by atoms with E-state index >= 15 is 0 Å². The van der Waals surface area contributed by atoms with Gasteiger partial charge in [-0.25, -0.2) is 4.79 Å². The van der Waals surface area contributed by atoms with E-state index < -0.39 is 0 Å². The summed E-state index contributed by atoms with van der Waals surface area (Å²) in [4.78, 5) is 16.2. The predicted octanol–water partition coefficient (Wildman–Crippen LogP) is 2.95. The molecule has 2 unspecified atom stereocenters. The van der Waals surface area contributed by atoms with E-state index in [4.69, 9.17) is 4.74 Å². The van der Waals surface area contributed by atoms with Crippen molar-refractivity contribution in [1.29, 1.82) is 0 Å². The Morgan fingerprint density at radius 1 is 1.05 bits per heavy atom. The third-order valence-corrected chi connectivity index (χ3v) is 4.27. The Balaban J connectivity index is 3.92. The number of nitrogens with zero attached hydrogens (tertiary/aromatic N) is 2. The summed E-state index contributed by atoms with van der Waals surface area (Å²) in [5.74, 6) is 0. The SMILES string of the molecule is CCN(CC)C(C)CCC(C)N(C)CCOC(=O)NC(C)C. The zero-order valence-electron chi connectivity index (χ0n) is 15.7. The molecule has 0 aromatic heterocycles. The molecule has 0 aliphatic carbocycles. The molecule has 5 heteroatoms. The molecule has 0 spiro atoms. The number of alkyl carbamates (subject to hydrolysis) is 1. The fourth-order valence-corrected chi connectivity index (χ4v) is 2.51. The molecule has 0 saturated carbocycles. The Bertz CT molecular complexity index is 294. The first-order valence-corrected chi connectivity index (χ1v) is 8.69. The highest BCUT2D eigenvalue weighted by molar-refractivity contribution is 5.67. The maximum Gasteiger partial charge on any atom is 0.407 e. The fourth-order valence-electron chi connectivity index (χ4n) is 2.51. The van der Waals surface area contributed by atoms with Gasteiger partial charge < -0.3 is 19.9 Å². The van der Waals surface area contributed by atoms with Gasteiger partial charge in [0.05, 0.1) is 0 Å². The van der Waals surface area contributed by atoms with Gasteiger partial charge in [-0.15, -0.1) is 0 Å². The lowest BCUT2D eigenvalue weighted by Crippen LogP contribution is -2.37. The standard InChI is InChI=1S/C17H37N3O2/c1-8-20(9-2)16(6)11-10-15(5)19(7)12-13-22-17(21)18-14(3)4/h14-16H,8-13H2,1-7H3,(H,18,21). The minimum absolute atomic E-state index is 0.116. The van der Waals surface area contributed by atoms with Crippen LogP contribution >= 0.6 is 0 Å². The first-order chi connectivity index (χ1) is 10.3. The first kappa shape index (κ1) is 21.2. The van der Waals surface area contributed by atoms with Crippen molar-refractivity contribution in [3.05, 3.63) is 0 Å². The van der Waals surface area contributed by atoms with Crippen LogP contribution < -0.4 is 5.32 Å². The van der Waals surface area contributed by atoms with Crippen LogP contribution in [0.2, 0.25) is 0 Å². The van der Waals surface area contributed by atoms with Crippen molar-refractivity contribution in [3.63, 3.8) is 0 Å². The van der Waals surface area contributed by atoms with E-state index in [2.05, 4.69) is 49.9 Å². The smallest absolute Gasteiger partial charge is 0.407 e. The van der Waals surface area contributed by atoms with E-state index in [1.807, 2.05) is 13.8 Å². The molecule has 0 aliphatic rings. The molecule has 22 heavy (non-hydrogen) atoms. The van der Waals surface area contributed by atoms with Gasteiger partial charge in [-0.1, -0.05) is 13.8 Å². The Hall–Kier alpha value is -0.810. The van der Waals surface area contributed by atoms with Crippen LogP contribution in [0.1, 0.15) is 54.4 Å². The van der Waals surface area contributed by atoms with Crippen LogP contribution in [-0.2, 0) is 4.74 Å². The molecule has 0 heterocycles. The van der Waals surface area contributed by atoms with Crippen LogP contribution in [0.3, 0.4) is 0 Å². The van der Waals surface area contributed by atoms with Crippen molar-refractivity contribution in [2.24, 2.45) is 0 Å². The molecule has 0 aliphatic heterocycles. The summed E-state index contributed by atoms with van der Waals surface area (Å²) in [5.41, 5.74) is 0. The summed E-state index contributed by atoms with van der Waals surface area (Å²) >= 11 is 0. The van der Waals surface area contributed by atoms with Gasteiger partial charge in [0.1, 0.15) is 6.61 Å². The van der Waals surface area contributed by atoms with E-state index in [0.717, 1.165) is 26.1 Å². The molecule has 0 rings (SSSR count). The average Bonchev–Trinajstić information content (AvgIpc) is 2.44. The van der Waals surface area contributed by atoms with Crippen molar-refractivity contribution in [2.45, 2.75) is 72.5 Å². The number of amides is 1. The molecule has 1 N–H and O–H groups in total. The molecular weight excluding hydrogens is 278 g/mol. The molecule has 0 aromatic rings. The van der Waals surface area contributed by atoms with Crippen LogP contribution in [0.25, 0.3) is 0 Å². The molecular formula is C17H37N3O2. The number of ether oxygens (including phenoxy) is 1. The average molecular weight is 316 g/mol. The van der Waals surface area contributed by atoms with Crippen LogP contribution in [0.4, 0.5) is 4.79 Å². The van der Waals surface area contributed by atoms with Crippen LogP contribution in [0.15, 0.2) is 0 Å². The largest absolute Gasteiger partial charge is 0.448 e. The topological polar surface area (TPSA) is 44.8 Å². The fraction of sp³-hybridized carbons (Fsp3) is 0.941. The van der Waals surface area contributed by atoms with Crippen molar-refractivity contribution in [2.75, 3.05) is 33.3 Å². The third kappa shape index (κ3) is 9.26. The highest BCUT2D eigenvalue weighted by Crippen LogP contribution is 2.11. The minimum Gasteiger partial charge on any atom is -0.448 e. The van der Waals surface area contributed by atoms with Crippen LogP contribution in [-0.4, -0.2) is 67.3 Å². The summed E-state index contributed by atoms with van der Waals surface area (Å²) < 4.78 is 5.17. The number of rotatable bonds is 11. The lowest BCUT2D eigenvalue weighted by molar-refractivity contribution is 0.118. The number of likely N-dealkylation sites (N-methyl/N-ethyl adjacent to an activating group) is 1. The molecule has 0 aromatic carbocycles. The maximum absolute atomic E-state index is 11.4. The Labute approximate surface area is 137 Å². The molecule has 132 valence electrons. The second kappa shape index (κ2) is 11.7. The zero-order valence-corrected chi connectivity index (χ0v) is 15.7. The van der Waals surface area contributed by atoms with E-state index in [0.29, 0.717) is 18.7 Å². The third-order valence-electron chi connectivity index (χ3n) is 4.27. The van der Waals surface area contributed by atoms with Crippen molar-refractivity contribution in [1.82, 2.24) is 15.1 Å². The molecule has 1 amide bonds. The second-order valence-electron chi connectivity index (χ2n) is 6.41. The lowest BCUT2D eigenvalue weighted by Gasteiger charge is -2.30. The molecule has 0 bridgehead atoms. The number of hydrogen-bond donors (Lipinski definition) is 1. The van der Waals surface area contributed by atoms with Gasteiger partial charge in [0.15, 0.2) is 0 Å². The molecule has 0 fully saturated rings. The van der Waals surface area contributed by atoms with Gasteiger partial charge in [-0.05, 0) is 60.7 Å². The molecule has 0 radical (unpaired) electrons. The number of carbonyl (C=O) groups excluding carboxylic acids is 1. The van der Waals surface area contributed by atoms with Crippen molar-refractivity contribution < 1.29 is 9.53 Å². The summed E-state index contributed by atoms with van der Waals surface area (Å²) in [6.45, 7) is 16.3. The monoisotopic (exact) mass is 315 g/mol. The van der Waals surface area contributed by atoms with Gasteiger partial charge in [-0.2, -0.15) is 0 Å². The zero-order chi connectivity index (χ0) is 17.1. The second-order valence-corrected chi connectivity index (χ2v) is 6.41. The highest BCUT2D eigenvalue weighted by atomic mass is 16.5. The summed E-state index contributed by atoms with van der Waals surface area (Å²) in [5, 5.41) is 2.73. The van der Waals surface area contributed by atoms with Gasteiger partial charge >= 0.3 is 6.09 Å². The maximum atomic E-state index is 11.4. The lowest BCUT2D eigenvalue weighted by atomic mass is 10.1. The predicted molar refractivity (Wildman–Crippen MR) is 93.3 cm³/mol. The van der Waals surface area contributed by atoms with Crippen LogP contribution in [0, 0.1) is 0 Å². The summed E-state index contributed by atoms with van der Waals surface area (Å²) in [6, 6.07) is 1.24. The van der Waals surface area contributed by atoms with Gasteiger partial charge in [-0.3, -0.25) is 0 Å². The summed E-state index contributed by atoms with van der Waals surface area (Å²) in [6.07, 6.45) is 2.03. The highest BCUT2D eigenvalue weighted by Gasteiger charge is 2.14. The van der Waals surface area contributed by atoms with E-state index in [1.165, 1.54) is 6.42 Å². The minimum atomic E-state index is -0.328. The molecule has 0 saturated heterocycles. The molecule has 5 nitrogen and oxygen atoms in total. The number of hydrogen-bond acceptors (Lipinski definition) is 4. The van der Waals surface area contributed by atoms with E-state index in [1.54, 1.807) is 0 Å². The summed E-state index contributed by atoms with van der Waals surface area (Å²) in [7, 11) is 2.09. The Kier molecular flexibility index (Phi) is 11.3. The van der Waals surface area contributed by atoms with Crippen LogP contribution in [0.5, 0.6) is 0 Å².